The Bertz CT molecular complexity index is 1310. The van der Waals surface area contributed by atoms with Crippen molar-refractivity contribution in [2.24, 2.45) is 10.9 Å². The Kier molecular flexibility index (Phi) is 5.99. The predicted octanol–water partition coefficient (Wildman–Crippen LogP) is 5.41. The van der Waals surface area contributed by atoms with Gasteiger partial charge in [0.1, 0.15) is 29.1 Å². The monoisotopic (exact) mass is 524 g/mol. The van der Waals surface area contributed by atoms with Crippen LogP contribution in [0.25, 0.3) is 0 Å². The molecule has 0 radical (unpaired) electrons. The van der Waals surface area contributed by atoms with Crippen molar-refractivity contribution in [2.75, 3.05) is 5.32 Å². The van der Waals surface area contributed by atoms with E-state index in [1.54, 1.807) is 6.92 Å². The molecule has 1 saturated carbocycles. The van der Waals surface area contributed by atoms with Gasteiger partial charge in [0.2, 0.25) is 11.8 Å². The number of aryl methyl sites for hydroxylation is 1. The molecule has 1 unspecified atom stereocenters. The molecule has 4 heterocycles. The van der Waals surface area contributed by atoms with Gasteiger partial charge >= 0.3 is 12.2 Å². The van der Waals surface area contributed by atoms with E-state index in [-0.39, 0.29) is 17.8 Å². The predicted molar refractivity (Wildman–Crippen MR) is 123 cm³/mol. The fourth-order valence-corrected chi connectivity index (χ4v) is 5.54. The standard InChI is InChI=1S/C24H25F5N6O2/c1-4-13-5-14-9-23(8-13,21-34-33-12(3)37-21)35(14)22(36)32-19-6-15(16(7-17(19)25)24(27,28)29)20-30-10-18(26)11(2)31-20/h6-7,10-11,13-14H,4-5,8-9H2,1-3H3,(H,30,31)(H,32,36)/t11?,13-,14-,23+/m0/s1. The molecule has 8 nitrogen and oxygen atoms in total. The summed E-state index contributed by atoms with van der Waals surface area (Å²) in [5.74, 6) is -1.28. The van der Waals surface area contributed by atoms with E-state index in [9.17, 15) is 26.7 Å². The highest BCUT2D eigenvalue weighted by Gasteiger charge is 2.62. The van der Waals surface area contributed by atoms with Gasteiger partial charge in [-0.1, -0.05) is 13.3 Å². The van der Waals surface area contributed by atoms with Crippen molar-refractivity contribution in [2.45, 2.75) is 70.3 Å². The second-order valence-electron chi connectivity index (χ2n) is 9.73. The summed E-state index contributed by atoms with van der Waals surface area (Å²) < 4.78 is 75.6. The van der Waals surface area contributed by atoms with Gasteiger partial charge in [0, 0.05) is 31.1 Å². The summed E-state index contributed by atoms with van der Waals surface area (Å²) in [6, 6.07) is -0.717. The summed E-state index contributed by atoms with van der Waals surface area (Å²) >= 11 is 0. The zero-order chi connectivity index (χ0) is 26.7. The second kappa shape index (κ2) is 8.80. The number of carbonyl (C=O) groups is 1. The number of hydrogen-bond donors (Lipinski definition) is 2. The maximum absolute atomic E-state index is 14.9. The van der Waals surface area contributed by atoms with Crippen molar-refractivity contribution in [3.8, 4) is 0 Å². The molecule has 1 aliphatic carbocycles. The van der Waals surface area contributed by atoms with Crippen LogP contribution in [0.1, 0.15) is 62.4 Å². The average molecular weight is 524 g/mol. The Morgan fingerprint density at radius 3 is 2.65 bits per heavy atom. The van der Waals surface area contributed by atoms with Gasteiger partial charge in [0.25, 0.3) is 0 Å². The van der Waals surface area contributed by atoms with Crippen LogP contribution >= 0.6 is 0 Å². The number of benzene rings is 1. The summed E-state index contributed by atoms with van der Waals surface area (Å²) in [7, 11) is 0. The summed E-state index contributed by atoms with van der Waals surface area (Å²) in [6.07, 6.45) is -1.23. The normalized spacial score (nSPS) is 27.1. The fourth-order valence-electron chi connectivity index (χ4n) is 5.54. The van der Waals surface area contributed by atoms with Gasteiger partial charge in [0.05, 0.1) is 11.3 Å². The molecule has 1 aromatic heterocycles. The molecule has 2 N–H and O–H groups in total. The SMILES string of the molecule is CC[C@H]1C[C@H]2C[C@@](c3nnc(C)o3)(C1)N2C(=O)Nc1cc(C2=NC(C)C(F)=CN2)c(C(F)(F)F)cc1F. The number of hydrogen-bond acceptors (Lipinski definition) is 6. The maximum atomic E-state index is 14.9. The van der Waals surface area contributed by atoms with Crippen LogP contribution in [0.5, 0.6) is 0 Å². The third kappa shape index (κ3) is 4.23. The topological polar surface area (TPSA) is 95.7 Å². The van der Waals surface area contributed by atoms with Crippen LogP contribution in [-0.2, 0) is 11.7 Å². The second-order valence-corrected chi connectivity index (χ2v) is 9.73. The molecule has 2 aromatic rings. The van der Waals surface area contributed by atoms with Gasteiger partial charge in [-0.3, -0.25) is 4.99 Å². The molecule has 6 rings (SSSR count). The van der Waals surface area contributed by atoms with Crippen molar-refractivity contribution >= 4 is 17.6 Å². The summed E-state index contributed by atoms with van der Waals surface area (Å²) in [4.78, 5) is 18.9. The lowest BCUT2D eigenvalue weighted by atomic mass is 9.63. The van der Waals surface area contributed by atoms with Crippen LogP contribution < -0.4 is 10.6 Å². The van der Waals surface area contributed by atoms with Crippen LogP contribution in [0.3, 0.4) is 0 Å². The Balaban J connectivity index is 1.49. The molecular weight excluding hydrogens is 499 g/mol. The highest BCUT2D eigenvalue weighted by Crippen LogP contribution is 2.56. The van der Waals surface area contributed by atoms with Crippen molar-refractivity contribution in [3.05, 3.63) is 52.9 Å². The lowest BCUT2D eigenvalue weighted by Crippen LogP contribution is -2.70. The van der Waals surface area contributed by atoms with E-state index in [1.165, 1.54) is 11.8 Å². The number of halogens is 5. The van der Waals surface area contributed by atoms with Crippen molar-refractivity contribution in [3.63, 3.8) is 0 Å². The number of urea groups is 1. The van der Waals surface area contributed by atoms with Crippen molar-refractivity contribution in [1.82, 2.24) is 20.4 Å². The summed E-state index contributed by atoms with van der Waals surface area (Å²) in [5, 5.41) is 12.8. The molecule has 2 saturated heterocycles. The first-order valence-corrected chi connectivity index (χ1v) is 11.9. The minimum absolute atomic E-state index is 0.166. The number of aromatic nitrogens is 2. The minimum atomic E-state index is -4.92. The number of nitrogens with zero attached hydrogens (tertiary/aromatic N) is 4. The number of carbonyl (C=O) groups excluding carboxylic acids is 1. The summed E-state index contributed by atoms with van der Waals surface area (Å²) in [6.45, 7) is 5.06. The van der Waals surface area contributed by atoms with E-state index < -0.39 is 52.2 Å². The molecule has 3 aliphatic heterocycles. The first-order valence-electron chi connectivity index (χ1n) is 11.9. The molecule has 1 aromatic carbocycles. The first kappa shape index (κ1) is 25.2. The lowest BCUT2D eigenvalue weighted by molar-refractivity contribution is -0.137. The Morgan fingerprint density at radius 1 is 1.27 bits per heavy atom. The minimum Gasteiger partial charge on any atom is -0.423 e. The third-order valence-corrected chi connectivity index (χ3v) is 7.33. The van der Waals surface area contributed by atoms with Crippen LogP contribution in [0.4, 0.5) is 32.4 Å². The number of aliphatic imine (C=N–C) groups is 1. The first-order chi connectivity index (χ1) is 17.4. The molecule has 198 valence electrons. The molecule has 2 bridgehead atoms. The summed E-state index contributed by atoms with van der Waals surface area (Å²) in [5.41, 5.74) is -3.15. The zero-order valence-corrected chi connectivity index (χ0v) is 20.3. The largest absolute Gasteiger partial charge is 0.423 e. The Hall–Kier alpha value is -3.51. The van der Waals surface area contributed by atoms with Crippen molar-refractivity contribution in [1.29, 1.82) is 0 Å². The van der Waals surface area contributed by atoms with Crippen LogP contribution in [0, 0.1) is 18.7 Å². The number of anilines is 1. The van der Waals surface area contributed by atoms with Gasteiger partial charge in [-0.15, -0.1) is 10.2 Å². The number of rotatable bonds is 4. The average Bonchev–Trinajstić information content (AvgIpc) is 3.27. The smallest absolute Gasteiger partial charge is 0.417 e. The van der Waals surface area contributed by atoms with E-state index >= 15 is 0 Å². The zero-order valence-electron chi connectivity index (χ0n) is 20.3. The third-order valence-electron chi connectivity index (χ3n) is 7.33. The van der Waals surface area contributed by atoms with E-state index in [2.05, 4.69) is 32.7 Å². The fraction of sp³-hybridized carbons (Fsp3) is 0.500. The molecule has 4 aliphatic rings. The number of alkyl halides is 3. The molecule has 2 amide bonds. The molecule has 4 atom stereocenters. The highest BCUT2D eigenvalue weighted by atomic mass is 19.4. The van der Waals surface area contributed by atoms with E-state index in [0.717, 1.165) is 25.1 Å². The van der Waals surface area contributed by atoms with Gasteiger partial charge in [-0.05, 0) is 37.8 Å². The van der Waals surface area contributed by atoms with Gasteiger partial charge in [0.15, 0.2) is 0 Å². The molecule has 37 heavy (non-hydrogen) atoms. The van der Waals surface area contributed by atoms with Gasteiger partial charge in [-0.25, -0.2) is 13.6 Å². The number of amidine groups is 1. The van der Waals surface area contributed by atoms with E-state index in [1.807, 2.05) is 0 Å². The number of amides is 2. The van der Waals surface area contributed by atoms with Gasteiger partial charge in [-0.2, -0.15) is 13.2 Å². The van der Waals surface area contributed by atoms with E-state index in [0.29, 0.717) is 30.7 Å². The quantitative estimate of drug-likeness (QED) is 0.522. The van der Waals surface area contributed by atoms with Crippen LogP contribution in [-0.4, -0.2) is 39.0 Å². The number of piperidine rings is 1. The molecule has 13 heteroatoms. The number of nitrogens with one attached hydrogen (secondary N) is 2. The number of fused-ring (bicyclic) bond motifs is 2. The van der Waals surface area contributed by atoms with E-state index in [4.69, 9.17) is 4.42 Å². The van der Waals surface area contributed by atoms with Gasteiger partial charge < -0.3 is 20.0 Å². The lowest BCUT2D eigenvalue weighted by Gasteiger charge is -2.61. The Labute approximate surface area is 209 Å². The molecular formula is C24H25F5N6O2. The maximum Gasteiger partial charge on any atom is 0.417 e. The van der Waals surface area contributed by atoms with Crippen molar-refractivity contribution < 1.29 is 31.2 Å². The molecule has 0 spiro atoms. The molecule has 3 fully saturated rings. The Morgan fingerprint density at radius 2 is 2.03 bits per heavy atom. The highest BCUT2D eigenvalue weighted by molar-refractivity contribution is 6.03. The van der Waals surface area contributed by atoms with Crippen LogP contribution in [0.2, 0.25) is 0 Å². The van der Waals surface area contributed by atoms with Crippen LogP contribution in [0.15, 0.2) is 33.6 Å².